The van der Waals surface area contributed by atoms with Gasteiger partial charge in [-0.05, 0) is 58.2 Å². The largest absolute Gasteiger partial charge is 0.342 e. The van der Waals surface area contributed by atoms with Crippen LogP contribution in [-0.4, -0.2) is 56.0 Å². The zero-order chi connectivity index (χ0) is 13.8. The zero-order valence-corrected chi connectivity index (χ0v) is 14.9. The summed E-state index contributed by atoms with van der Waals surface area (Å²) in [6.45, 7) is 3.72. The van der Waals surface area contributed by atoms with Crippen molar-refractivity contribution in [1.82, 2.24) is 9.80 Å². The van der Waals surface area contributed by atoms with Crippen molar-refractivity contribution in [2.75, 3.05) is 40.3 Å². The van der Waals surface area contributed by atoms with Crippen LogP contribution in [0.3, 0.4) is 0 Å². The topological polar surface area (TPSA) is 49.6 Å². The summed E-state index contributed by atoms with van der Waals surface area (Å²) in [6, 6.07) is 0. The number of rotatable bonds is 4. The predicted molar refractivity (Wildman–Crippen MR) is 92.2 cm³/mol. The molecule has 0 aromatic heterocycles. The Morgan fingerprint density at radius 3 is 2.29 bits per heavy atom. The lowest BCUT2D eigenvalue weighted by Gasteiger charge is -2.35. The quantitative estimate of drug-likeness (QED) is 0.852. The third-order valence-electron chi connectivity index (χ3n) is 4.83. The maximum absolute atomic E-state index is 12.6. The Morgan fingerprint density at radius 2 is 1.76 bits per heavy atom. The minimum atomic E-state index is 0. The summed E-state index contributed by atoms with van der Waals surface area (Å²) in [6.07, 6.45) is 5.69. The average Bonchev–Trinajstić information content (AvgIpc) is 2.86. The number of hydrogen-bond acceptors (Lipinski definition) is 3. The second-order valence-electron chi connectivity index (χ2n) is 6.56. The van der Waals surface area contributed by atoms with E-state index in [2.05, 4.69) is 23.9 Å². The molecule has 1 heterocycles. The van der Waals surface area contributed by atoms with E-state index < -0.39 is 0 Å². The second-order valence-corrected chi connectivity index (χ2v) is 6.56. The van der Waals surface area contributed by atoms with Crippen LogP contribution < -0.4 is 5.73 Å². The van der Waals surface area contributed by atoms with Crippen molar-refractivity contribution in [1.29, 1.82) is 0 Å². The number of piperidine rings is 1. The molecule has 126 valence electrons. The van der Waals surface area contributed by atoms with E-state index >= 15 is 0 Å². The number of amides is 1. The van der Waals surface area contributed by atoms with Gasteiger partial charge in [0.25, 0.3) is 0 Å². The van der Waals surface area contributed by atoms with Gasteiger partial charge in [-0.25, -0.2) is 0 Å². The van der Waals surface area contributed by atoms with E-state index in [0.717, 1.165) is 51.2 Å². The van der Waals surface area contributed by atoms with Crippen LogP contribution >= 0.6 is 24.8 Å². The normalized spacial score (nSPS) is 26.4. The third-order valence-corrected chi connectivity index (χ3v) is 4.83. The average molecular weight is 340 g/mol. The lowest BCUT2D eigenvalue weighted by Crippen LogP contribution is -2.44. The minimum Gasteiger partial charge on any atom is -0.342 e. The lowest BCUT2D eigenvalue weighted by molar-refractivity contribution is -0.138. The van der Waals surface area contributed by atoms with Crippen LogP contribution in [0.15, 0.2) is 0 Å². The molecule has 1 aliphatic heterocycles. The molecule has 1 amide bonds. The fourth-order valence-electron chi connectivity index (χ4n) is 3.73. The molecule has 4 nitrogen and oxygen atoms in total. The van der Waals surface area contributed by atoms with Crippen LogP contribution in [0.2, 0.25) is 0 Å². The van der Waals surface area contributed by atoms with Crippen molar-refractivity contribution >= 4 is 30.7 Å². The zero-order valence-electron chi connectivity index (χ0n) is 13.3. The van der Waals surface area contributed by atoms with Gasteiger partial charge in [-0.1, -0.05) is 6.42 Å². The highest BCUT2D eigenvalue weighted by atomic mass is 35.5. The molecule has 6 heteroatoms. The Kier molecular flexibility index (Phi) is 9.87. The van der Waals surface area contributed by atoms with E-state index in [1.165, 1.54) is 6.42 Å². The van der Waals surface area contributed by atoms with E-state index in [0.29, 0.717) is 18.4 Å². The molecular weight excluding hydrogens is 309 g/mol. The van der Waals surface area contributed by atoms with E-state index in [-0.39, 0.29) is 30.7 Å². The molecule has 2 rings (SSSR count). The van der Waals surface area contributed by atoms with Gasteiger partial charge in [0.05, 0.1) is 0 Å². The molecule has 2 aliphatic rings. The molecule has 0 spiro atoms. The first-order valence-corrected chi connectivity index (χ1v) is 7.75. The van der Waals surface area contributed by atoms with Gasteiger partial charge in [0.1, 0.15) is 0 Å². The van der Waals surface area contributed by atoms with Gasteiger partial charge in [0, 0.05) is 25.6 Å². The second kappa shape index (κ2) is 9.88. The Balaban J connectivity index is 0.00000200. The first-order valence-electron chi connectivity index (χ1n) is 7.75. The van der Waals surface area contributed by atoms with Crippen LogP contribution in [0.5, 0.6) is 0 Å². The Morgan fingerprint density at radius 1 is 1.14 bits per heavy atom. The fourth-order valence-corrected chi connectivity index (χ4v) is 3.73. The Labute approximate surface area is 141 Å². The summed E-state index contributed by atoms with van der Waals surface area (Å²) in [5.74, 6) is 1.80. The van der Waals surface area contributed by atoms with E-state index in [9.17, 15) is 4.79 Å². The summed E-state index contributed by atoms with van der Waals surface area (Å²) in [7, 11) is 4.25. The maximum Gasteiger partial charge on any atom is 0.226 e. The summed E-state index contributed by atoms with van der Waals surface area (Å²) in [5, 5.41) is 0. The molecule has 0 radical (unpaired) electrons. The van der Waals surface area contributed by atoms with Crippen molar-refractivity contribution in [2.24, 2.45) is 23.5 Å². The molecule has 1 aliphatic carbocycles. The Bertz CT molecular complexity index is 307. The monoisotopic (exact) mass is 339 g/mol. The molecular formula is C15H31Cl2N3O. The Hall–Kier alpha value is -0.0300. The third kappa shape index (κ3) is 5.59. The van der Waals surface area contributed by atoms with Gasteiger partial charge in [-0.3, -0.25) is 4.79 Å². The predicted octanol–water partition coefficient (Wildman–Crippen LogP) is 2.01. The number of halogens is 2. The van der Waals surface area contributed by atoms with Crippen molar-refractivity contribution in [3.8, 4) is 0 Å². The minimum absolute atomic E-state index is 0. The highest BCUT2D eigenvalue weighted by Gasteiger charge is 2.35. The summed E-state index contributed by atoms with van der Waals surface area (Å²) >= 11 is 0. The van der Waals surface area contributed by atoms with E-state index in [1.807, 2.05) is 0 Å². The van der Waals surface area contributed by atoms with E-state index in [1.54, 1.807) is 0 Å². The number of hydrogen-bond donors (Lipinski definition) is 1. The standard InChI is InChI=1S/C15H29N3O.2ClH/c1-17(2)11-12-6-8-18(9-7-12)15(19)14-5-3-4-13(14)10-16;;/h12-14H,3-11,16H2,1-2H3;2*1H/t13-,14-;;/m1../s1. The SMILES string of the molecule is CN(C)CC1CCN(C(=O)[C@@H]2CCC[C@@H]2CN)CC1.Cl.Cl. The molecule has 0 unspecified atom stereocenters. The van der Waals surface area contributed by atoms with Crippen molar-refractivity contribution in [3.63, 3.8) is 0 Å². The molecule has 2 fully saturated rings. The number of carbonyl (C=O) groups excluding carboxylic acids is 1. The van der Waals surface area contributed by atoms with Crippen LogP contribution in [0, 0.1) is 17.8 Å². The number of nitrogens with two attached hydrogens (primary N) is 1. The number of nitrogens with zero attached hydrogens (tertiary/aromatic N) is 2. The number of carbonyl (C=O) groups is 1. The molecule has 2 N–H and O–H groups in total. The van der Waals surface area contributed by atoms with Gasteiger partial charge in [-0.2, -0.15) is 0 Å². The van der Waals surface area contributed by atoms with Crippen molar-refractivity contribution in [2.45, 2.75) is 32.1 Å². The van der Waals surface area contributed by atoms with Crippen LogP contribution in [-0.2, 0) is 4.79 Å². The lowest BCUT2D eigenvalue weighted by atomic mass is 9.91. The van der Waals surface area contributed by atoms with Crippen molar-refractivity contribution < 1.29 is 4.79 Å². The van der Waals surface area contributed by atoms with Gasteiger partial charge < -0.3 is 15.5 Å². The van der Waals surface area contributed by atoms with Crippen LogP contribution in [0.1, 0.15) is 32.1 Å². The highest BCUT2D eigenvalue weighted by molar-refractivity contribution is 5.85. The molecule has 1 saturated carbocycles. The van der Waals surface area contributed by atoms with Crippen LogP contribution in [0.4, 0.5) is 0 Å². The molecule has 21 heavy (non-hydrogen) atoms. The van der Waals surface area contributed by atoms with Crippen molar-refractivity contribution in [3.05, 3.63) is 0 Å². The van der Waals surface area contributed by atoms with Gasteiger partial charge >= 0.3 is 0 Å². The molecule has 2 atom stereocenters. The first-order chi connectivity index (χ1) is 9.11. The van der Waals surface area contributed by atoms with Gasteiger partial charge in [-0.15, -0.1) is 24.8 Å². The van der Waals surface area contributed by atoms with E-state index in [4.69, 9.17) is 5.73 Å². The summed E-state index contributed by atoms with van der Waals surface area (Å²) in [4.78, 5) is 16.9. The van der Waals surface area contributed by atoms with Gasteiger partial charge in [0.2, 0.25) is 5.91 Å². The fraction of sp³-hybridized carbons (Fsp3) is 0.933. The highest BCUT2D eigenvalue weighted by Crippen LogP contribution is 2.33. The molecule has 0 aromatic rings. The molecule has 0 aromatic carbocycles. The summed E-state index contributed by atoms with van der Waals surface area (Å²) < 4.78 is 0. The smallest absolute Gasteiger partial charge is 0.226 e. The number of likely N-dealkylation sites (tertiary alicyclic amines) is 1. The molecule has 1 saturated heterocycles. The molecule has 0 bridgehead atoms. The van der Waals surface area contributed by atoms with Crippen LogP contribution in [0.25, 0.3) is 0 Å². The summed E-state index contributed by atoms with van der Waals surface area (Å²) in [5.41, 5.74) is 5.79. The van der Waals surface area contributed by atoms with Gasteiger partial charge in [0.15, 0.2) is 0 Å². The maximum atomic E-state index is 12.6. The first kappa shape index (κ1) is 21.0.